The van der Waals surface area contributed by atoms with Crippen LogP contribution in [-0.2, 0) is 0 Å². The maximum absolute atomic E-state index is 13.6. The summed E-state index contributed by atoms with van der Waals surface area (Å²) in [5.41, 5.74) is 6.77. The lowest BCUT2D eigenvalue weighted by Gasteiger charge is -2.29. The van der Waals surface area contributed by atoms with Gasteiger partial charge in [0, 0.05) is 18.2 Å². The third kappa shape index (κ3) is 2.67. The molecule has 1 aromatic rings. The summed E-state index contributed by atoms with van der Waals surface area (Å²) in [7, 11) is 2.08. The number of rotatable bonds is 4. The summed E-state index contributed by atoms with van der Waals surface area (Å²) in [5, 5.41) is 0. The van der Waals surface area contributed by atoms with Gasteiger partial charge in [-0.25, -0.2) is 4.39 Å². The lowest BCUT2D eigenvalue weighted by molar-refractivity contribution is 0.116. The zero-order chi connectivity index (χ0) is 14.1. The molecular weight excluding hydrogens is 255 g/mol. The molecule has 0 radical (unpaired) electrons. The van der Waals surface area contributed by atoms with E-state index in [-0.39, 0.29) is 11.9 Å². The second-order valence-electron chi connectivity index (χ2n) is 6.15. The fraction of sp³-hybridized carbons (Fsp3) is 0.625. The van der Waals surface area contributed by atoms with Gasteiger partial charge in [0.1, 0.15) is 11.6 Å². The molecule has 2 unspecified atom stereocenters. The van der Waals surface area contributed by atoms with Gasteiger partial charge in [-0.05, 0) is 63.4 Å². The Morgan fingerprint density at radius 1 is 1.40 bits per heavy atom. The smallest absolute Gasteiger partial charge is 0.124 e. The SMILES string of the molecule is CN1CC(CN)CC1c1cc(F)ccc1OC1CCC1. The fourth-order valence-corrected chi connectivity index (χ4v) is 3.20. The predicted molar refractivity (Wildman–Crippen MR) is 77.2 cm³/mol. The molecule has 4 heteroatoms. The average molecular weight is 278 g/mol. The molecule has 3 rings (SSSR count). The van der Waals surface area contributed by atoms with E-state index in [0.717, 1.165) is 37.1 Å². The molecule has 0 spiro atoms. The van der Waals surface area contributed by atoms with Crippen molar-refractivity contribution in [1.82, 2.24) is 4.90 Å². The van der Waals surface area contributed by atoms with E-state index >= 15 is 0 Å². The van der Waals surface area contributed by atoms with Crippen LogP contribution in [0.15, 0.2) is 18.2 Å². The van der Waals surface area contributed by atoms with Gasteiger partial charge in [-0.15, -0.1) is 0 Å². The Morgan fingerprint density at radius 2 is 2.20 bits per heavy atom. The van der Waals surface area contributed by atoms with E-state index in [9.17, 15) is 4.39 Å². The number of halogens is 1. The van der Waals surface area contributed by atoms with Gasteiger partial charge in [0.15, 0.2) is 0 Å². The maximum Gasteiger partial charge on any atom is 0.124 e. The molecule has 3 nitrogen and oxygen atoms in total. The molecule has 110 valence electrons. The summed E-state index contributed by atoms with van der Waals surface area (Å²) in [6, 6.07) is 5.13. The third-order valence-electron chi connectivity index (χ3n) is 4.64. The van der Waals surface area contributed by atoms with Gasteiger partial charge in [0.25, 0.3) is 0 Å². The summed E-state index contributed by atoms with van der Waals surface area (Å²) >= 11 is 0. The van der Waals surface area contributed by atoms with E-state index in [2.05, 4.69) is 11.9 Å². The van der Waals surface area contributed by atoms with Crippen LogP contribution >= 0.6 is 0 Å². The molecule has 20 heavy (non-hydrogen) atoms. The van der Waals surface area contributed by atoms with Gasteiger partial charge in [-0.2, -0.15) is 0 Å². The normalized spacial score (nSPS) is 27.6. The molecule has 1 saturated heterocycles. The minimum atomic E-state index is -0.189. The Hall–Kier alpha value is -1.13. The molecule has 2 N–H and O–H groups in total. The Balaban J connectivity index is 1.84. The molecule has 2 atom stereocenters. The van der Waals surface area contributed by atoms with Crippen molar-refractivity contribution in [1.29, 1.82) is 0 Å². The van der Waals surface area contributed by atoms with Crippen molar-refractivity contribution in [2.45, 2.75) is 37.8 Å². The van der Waals surface area contributed by atoms with Crippen LogP contribution < -0.4 is 10.5 Å². The topological polar surface area (TPSA) is 38.5 Å². The van der Waals surface area contributed by atoms with Crippen LogP contribution in [0.2, 0.25) is 0 Å². The number of hydrogen-bond acceptors (Lipinski definition) is 3. The zero-order valence-electron chi connectivity index (χ0n) is 12.0. The van der Waals surface area contributed by atoms with E-state index < -0.39 is 0 Å². The number of hydrogen-bond donors (Lipinski definition) is 1. The molecule has 1 heterocycles. The lowest BCUT2D eigenvalue weighted by atomic mass is 9.95. The maximum atomic E-state index is 13.6. The van der Waals surface area contributed by atoms with Crippen molar-refractivity contribution < 1.29 is 9.13 Å². The van der Waals surface area contributed by atoms with Crippen LogP contribution in [0.3, 0.4) is 0 Å². The van der Waals surface area contributed by atoms with Gasteiger partial charge in [0.2, 0.25) is 0 Å². The first-order valence-corrected chi connectivity index (χ1v) is 7.53. The van der Waals surface area contributed by atoms with Crippen LogP contribution in [0, 0.1) is 11.7 Å². The number of likely N-dealkylation sites (tertiary alicyclic amines) is 1. The highest BCUT2D eigenvalue weighted by atomic mass is 19.1. The molecule has 2 fully saturated rings. The van der Waals surface area contributed by atoms with E-state index in [4.69, 9.17) is 10.5 Å². The molecule has 1 aliphatic heterocycles. The molecule has 2 aliphatic rings. The minimum Gasteiger partial charge on any atom is -0.490 e. The molecule has 1 aliphatic carbocycles. The third-order valence-corrected chi connectivity index (χ3v) is 4.64. The van der Waals surface area contributed by atoms with Crippen LogP contribution in [0.25, 0.3) is 0 Å². The highest BCUT2D eigenvalue weighted by Gasteiger charge is 2.32. The standard InChI is InChI=1S/C16H23FN2O/c1-19-10-11(9-18)7-15(19)14-8-12(17)5-6-16(14)20-13-3-2-4-13/h5-6,8,11,13,15H,2-4,7,9-10,18H2,1H3. The molecule has 1 aromatic carbocycles. The zero-order valence-corrected chi connectivity index (χ0v) is 12.0. The van der Waals surface area contributed by atoms with Crippen molar-refractivity contribution in [3.05, 3.63) is 29.6 Å². The number of benzene rings is 1. The van der Waals surface area contributed by atoms with Crippen LogP contribution in [0.5, 0.6) is 5.75 Å². The second-order valence-corrected chi connectivity index (χ2v) is 6.15. The van der Waals surface area contributed by atoms with E-state index in [0.29, 0.717) is 18.6 Å². The van der Waals surface area contributed by atoms with Gasteiger partial charge in [0.05, 0.1) is 6.10 Å². The van der Waals surface area contributed by atoms with Gasteiger partial charge in [-0.1, -0.05) is 0 Å². The highest BCUT2D eigenvalue weighted by Crippen LogP contribution is 2.39. The summed E-state index contributed by atoms with van der Waals surface area (Å²) in [5.74, 6) is 1.15. The average Bonchev–Trinajstić information content (AvgIpc) is 2.76. The molecule has 0 bridgehead atoms. The van der Waals surface area contributed by atoms with Gasteiger partial charge >= 0.3 is 0 Å². The van der Waals surface area contributed by atoms with Crippen molar-refractivity contribution in [2.24, 2.45) is 11.7 Å². The lowest BCUT2D eigenvalue weighted by Crippen LogP contribution is -2.26. The minimum absolute atomic E-state index is 0.189. The van der Waals surface area contributed by atoms with Crippen LogP contribution in [-0.4, -0.2) is 31.1 Å². The summed E-state index contributed by atoms with van der Waals surface area (Å²) in [6.07, 6.45) is 4.76. The number of nitrogens with two attached hydrogens (primary N) is 1. The highest BCUT2D eigenvalue weighted by molar-refractivity contribution is 5.37. The monoisotopic (exact) mass is 278 g/mol. The Labute approximate surface area is 119 Å². The first-order valence-electron chi connectivity index (χ1n) is 7.53. The largest absolute Gasteiger partial charge is 0.490 e. The summed E-state index contributed by atoms with van der Waals surface area (Å²) in [6.45, 7) is 1.66. The summed E-state index contributed by atoms with van der Waals surface area (Å²) in [4.78, 5) is 2.26. The second kappa shape index (κ2) is 5.70. The molecule has 0 amide bonds. The van der Waals surface area contributed by atoms with E-state index in [1.165, 1.54) is 12.5 Å². The van der Waals surface area contributed by atoms with Crippen molar-refractivity contribution in [2.75, 3.05) is 20.1 Å². The summed E-state index contributed by atoms with van der Waals surface area (Å²) < 4.78 is 19.7. The molecular formula is C16H23FN2O. The fourth-order valence-electron chi connectivity index (χ4n) is 3.20. The van der Waals surface area contributed by atoms with Crippen molar-refractivity contribution >= 4 is 0 Å². The predicted octanol–water partition coefficient (Wildman–Crippen LogP) is 2.71. The molecule has 1 saturated carbocycles. The number of ether oxygens (including phenoxy) is 1. The van der Waals surface area contributed by atoms with Crippen molar-refractivity contribution in [3.8, 4) is 5.75 Å². The van der Waals surface area contributed by atoms with E-state index in [1.54, 1.807) is 12.1 Å². The Morgan fingerprint density at radius 3 is 2.80 bits per heavy atom. The van der Waals surface area contributed by atoms with Crippen LogP contribution in [0.4, 0.5) is 4.39 Å². The van der Waals surface area contributed by atoms with Gasteiger partial charge < -0.3 is 10.5 Å². The Bertz CT molecular complexity index is 476. The number of nitrogens with zero attached hydrogens (tertiary/aromatic N) is 1. The molecule has 0 aromatic heterocycles. The first kappa shape index (κ1) is 13.8. The Kier molecular flexibility index (Phi) is 3.94. The van der Waals surface area contributed by atoms with E-state index in [1.807, 2.05) is 0 Å². The van der Waals surface area contributed by atoms with Crippen LogP contribution in [0.1, 0.15) is 37.3 Å². The quantitative estimate of drug-likeness (QED) is 0.920. The first-order chi connectivity index (χ1) is 9.67. The van der Waals surface area contributed by atoms with Gasteiger partial charge in [-0.3, -0.25) is 4.90 Å². The van der Waals surface area contributed by atoms with Crippen molar-refractivity contribution in [3.63, 3.8) is 0 Å².